The molecule has 1 aliphatic heterocycles. The van der Waals surface area contributed by atoms with E-state index >= 15 is 0 Å². The summed E-state index contributed by atoms with van der Waals surface area (Å²) in [6.45, 7) is 2.42. The maximum atomic E-state index is 13.5. The molecule has 2 aliphatic carbocycles. The van der Waals surface area contributed by atoms with E-state index in [9.17, 15) is 28.7 Å². The van der Waals surface area contributed by atoms with Gasteiger partial charge in [-0.1, -0.05) is 31.4 Å². The molecule has 0 aromatic heterocycles. The minimum atomic E-state index is -1.10. The number of carboxylic acid groups (broad SMARTS) is 1. The van der Waals surface area contributed by atoms with Gasteiger partial charge in [-0.25, -0.2) is 4.39 Å². The van der Waals surface area contributed by atoms with Crippen LogP contribution in [0, 0.1) is 17.7 Å². The van der Waals surface area contributed by atoms with Crippen molar-refractivity contribution in [1.82, 2.24) is 10.2 Å². The molecule has 5 rings (SSSR count). The summed E-state index contributed by atoms with van der Waals surface area (Å²) in [5.74, 6) is -1.82. The van der Waals surface area contributed by atoms with Crippen molar-refractivity contribution < 1.29 is 28.7 Å². The standard InChI is InChI=1S/C31H37FN4O5/c32-24-11-8-20(9-12-24)25(19-28(37)38)33-30(40)23-10-13-27(26(18-23)34-29(39)21-4-2-1-3-5-21)35-14-16-36(17-15-35)31(41)22-6-7-22/h8-13,18,21-22,25H,1-7,14-17,19H2,(H,33,40)(H,34,39)(H,37,38). The van der Waals surface area contributed by atoms with Crippen LogP contribution >= 0.6 is 0 Å². The number of benzene rings is 2. The third-order valence-corrected chi connectivity index (χ3v) is 8.31. The number of carbonyl (C=O) groups is 4. The van der Waals surface area contributed by atoms with Gasteiger partial charge in [0.25, 0.3) is 5.91 Å². The van der Waals surface area contributed by atoms with Crippen LogP contribution in [0.1, 0.15) is 73.3 Å². The number of amides is 3. The minimum absolute atomic E-state index is 0.0684. The third-order valence-electron chi connectivity index (χ3n) is 8.31. The molecule has 0 spiro atoms. The van der Waals surface area contributed by atoms with Gasteiger partial charge in [-0.05, 0) is 61.6 Å². The van der Waals surface area contributed by atoms with Crippen LogP contribution in [0.4, 0.5) is 15.8 Å². The topological polar surface area (TPSA) is 119 Å². The fraction of sp³-hybridized carbons (Fsp3) is 0.484. The van der Waals surface area contributed by atoms with E-state index in [2.05, 4.69) is 15.5 Å². The predicted octanol–water partition coefficient (Wildman–Crippen LogP) is 4.35. The van der Waals surface area contributed by atoms with E-state index in [1.165, 1.54) is 24.3 Å². The zero-order valence-electron chi connectivity index (χ0n) is 23.1. The van der Waals surface area contributed by atoms with Gasteiger partial charge in [-0.2, -0.15) is 0 Å². The molecule has 2 saturated carbocycles. The lowest BCUT2D eigenvalue weighted by molar-refractivity contribution is -0.137. The summed E-state index contributed by atoms with van der Waals surface area (Å²) in [5.41, 5.74) is 2.05. The van der Waals surface area contributed by atoms with Crippen LogP contribution in [0.15, 0.2) is 42.5 Å². The lowest BCUT2D eigenvalue weighted by Gasteiger charge is -2.37. The molecule has 1 atom stereocenters. The first-order valence-corrected chi connectivity index (χ1v) is 14.6. The normalized spacial score (nSPS) is 18.5. The number of rotatable bonds is 9. The highest BCUT2D eigenvalue weighted by Crippen LogP contribution is 2.34. The van der Waals surface area contributed by atoms with Crippen LogP contribution in [0.5, 0.6) is 0 Å². The molecular formula is C31H37FN4O5. The summed E-state index contributed by atoms with van der Waals surface area (Å²) in [4.78, 5) is 54.7. The summed E-state index contributed by atoms with van der Waals surface area (Å²) < 4.78 is 13.5. The number of anilines is 2. The summed E-state index contributed by atoms with van der Waals surface area (Å²) in [7, 11) is 0. The van der Waals surface area contributed by atoms with Gasteiger partial charge in [0.1, 0.15) is 5.82 Å². The average Bonchev–Trinajstić information content (AvgIpc) is 3.83. The second-order valence-corrected chi connectivity index (χ2v) is 11.3. The van der Waals surface area contributed by atoms with E-state index < -0.39 is 23.7 Å². The summed E-state index contributed by atoms with van der Waals surface area (Å²) >= 11 is 0. The van der Waals surface area contributed by atoms with Gasteiger partial charge in [0.15, 0.2) is 0 Å². The first-order chi connectivity index (χ1) is 19.8. The second-order valence-electron chi connectivity index (χ2n) is 11.3. The fourth-order valence-electron chi connectivity index (χ4n) is 5.77. The molecule has 41 heavy (non-hydrogen) atoms. The molecule has 1 unspecified atom stereocenters. The minimum Gasteiger partial charge on any atom is -0.481 e. The molecule has 9 nitrogen and oxygen atoms in total. The Hall–Kier alpha value is -3.95. The van der Waals surface area contributed by atoms with Gasteiger partial charge >= 0.3 is 5.97 Å². The maximum absolute atomic E-state index is 13.5. The molecule has 1 heterocycles. The van der Waals surface area contributed by atoms with Crippen molar-refractivity contribution in [2.24, 2.45) is 11.8 Å². The van der Waals surface area contributed by atoms with Gasteiger partial charge in [-0.3, -0.25) is 19.2 Å². The molecule has 2 aromatic rings. The fourth-order valence-corrected chi connectivity index (χ4v) is 5.77. The van der Waals surface area contributed by atoms with Gasteiger partial charge < -0.3 is 25.5 Å². The largest absolute Gasteiger partial charge is 0.481 e. The van der Waals surface area contributed by atoms with Crippen LogP contribution < -0.4 is 15.5 Å². The van der Waals surface area contributed by atoms with Crippen molar-refractivity contribution in [2.45, 2.75) is 57.4 Å². The molecular weight excluding hydrogens is 527 g/mol. The van der Waals surface area contributed by atoms with Crippen molar-refractivity contribution in [3.05, 3.63) is 59.4 Å². The Bertz CT molecular complexity index is 1280. The first-order valence-electron chi connectivity index (χ1n) is 14.6. The Morgan fingerprint density at radius 3 is 2.20 bits per heavy atom. The number of halogens is 1. The van der Waals surface area contributed by atoms with Crippen molar-refractivity contribution >= 4 is 35.1 Å². The average molecular weight is 565 g/mol. The highest BCUT2D eigenvalue weighted by Gasteiger charge is 2.35. The molecule has 1 saturated heterocycles. The van der Waals surface area contributed by atoms with E-state index in [0.717, 1.165) is 50.6 Å². The Labute approximate surface area is 239 Å². The van der Waals surface area contributed by atoms with Crippen molar-refractivity contribution in [3.8, 4) is 0 Å². The van der Waals surface area contributed by atoms with Crippen molar-refractivity contribution in [2.75, 3.05) is 36.4 Å². The number of hydrogen-bond acceptors (Lipinski definition) is 5. The number of hydrogen-bond donors (Lipinski definition) is 3. The molecule has 3 fully saturated rings. The third kappa shape index (κ3) is 7.23. The number of nitrogens with zero attached hydrogens (tertiary/aromatic N) is 2. The van der Waals surface area contributed by atoms with Crippen LogP contribution in [-0.2, 0) is 14.4 Å². The zero-order valence-corrected chi connectivity index (χ0v) is 23.1. The van der Waals surface area contributed by atoms with E-state index in [1.807, 2.05) is 4.90 Å². The number of carboxylic acids is 1. The van der Waals surface area contributed by atoms with E-state index in [4.69, 9.17) is 0 Å². The molecule has 10 heteroatoms. The summed E-state index contributed by atoms with van der Waals surface area (Å²) in [6, 6.07) is 9.59. The lowest BCUT2D eigenvalue weighted by Crippen LogP contribution is -2.49. The highest BCUT2D eigenvalue weighted by molar-refractivity contribution is 6.01. The van der Waals surface area contributed by atoms with Gasteiger partial charge in [0.05, 0.1) is 23.8 Å². The van der Waals surface area contributed by atoms with Gasteiger partial charge in [-0.15, -0.1) is 0 Å². The van der Waals surface area contributed by atoms with Crippen molar-refractivity contribution in [1.29, 1.82) is 0 Å². The van der Waals surface area contributed by atoms with E-state index in [-0.39, 0.29) is 35.6 Å². The first kappa shape index (κ1) is 28.6. The van der Waals surface area contributed by atoms with Gasteiger partial charge in [0.2, 0.25) is 11.8 Å². The molecule has 2 aromatic carbocycles. The molecule has 3 aliphatic rings. The maximum Gasteiger partial charge on any atom is 0.305 e. The van der Waals surface area contributed by atoms with E-state index in [0.29, 0.717) is 37.4 Å². The van der Waals surface area contributed by atoms with E-state index in [1.54, 1.807) is 18.2 Å². The Kier molecular flexibility index (Phi) is 8.85. The molecule has 218 valence electrons. The van der Waals surface area contributed by atoms with Crippen LogP contribution in [0.25, 0.3) is 0 Å². The van der Waals surface area contributed by atoms with Crippen LogP contribution in [0.3, 0.4) is 0 Å². The van der Waals surface area contributed by atoms with Crippen LogP contribution in [-0.4, -0.2) is 59.9 Å². The number of nitrogens with one attached hydrogen (secondary N) is 2. The van der Waals surface area contributed by atoms with Crippen LogP contribution in [0.2, 0.25) is 0 Å². The highest BCUT2D eigenvalue weighted by atomic mass is 19.1. The molecule has 0 bridgehead atoms. The Morgan fingerprint density at radius 1 is 0.878 bits per heavy atom. The Morgan fingerprint density at radius 2 is 1.56 bits per heavy atom. The smallest absolute Gasteiger partial charge is 0.305 e. The second kappa shape index (κ2) is 12.7. The number of carbonyl (C=O) groups excluding carboxylic acids is 3. The molecule has 0 radical (unpaired) electrons. The predicted molar refractivity (Wildman–Crippen MR) is 152 cm³/mol. The zero-order chi connectivity index (χ0) is 28.9. The quantitative estimate of drug-likeness (QED) is 0.417. The summed E-state index contributed by atoms with van der Waals surface area (Å²) in [5, 5.41) is 15.3. The number of piperazine rings is 1. The lowest BCUT2D eigenvalue weighted by atomic mass is 9.88. The Balaban J connectivity index is 1.36. The molecule has 3 N–H and O–H groups in total. The van der Waals surface area contributed by atoms with Crippen molar-refractivity contribution in [3.63, 3.8) is 0 Å². The summed E-state index contributed by atoms with van der Waals surface area (Å²) in [6.07, 6.45) is 6.38. The molecule has 3 amide bonds. The monoisotopic (exact) mass is 564 g/mol. The SMILES string of the molecule is O=C(O)CC(NC(=O)c1ccc(N2CCN(C(=O)C3CC3)CC2)c(NC(=O)C2CCCCC2)c1)c1ccc(F)cc1. The number of aliphatic carboxylic acids is 1. The van der Waals surface area contributed by atoms with Gasteiger partial charge in [0, 0.05) is 43.6 Å².